The van der Waals surface area contributed by atoms with Crippen molar-refractivity contribution in [1.82, 2.24) is 0 Å². The van der Waals surface area contributed by atoms with Crippen molar-refractivity contribution in [2.24, 2.45) is 0 Å². The van der Waals surface area contributed by atoms with Crippen LogP contribution >= 0.6 is 11.6 Å². The van der Waals surface area contributed by atoms with E-state index in [0.29, 0.717) is 18.0 Å². The van der Waals surface area contributed by atoms with Gasteiger partial charge in [0.05, 0.1) is 28.7 Å². The lowest BCUT2D eigenvalue weighted by molar-refractivity contribution is -0.384. The highest BCUT2D eigenvalue weighted by molar-refractivity contribution is 6.34. The van der Waals surface area contributed by atoms with Crippen molar-refractivity contribution in [1.29, 1.82) is 0 Å². The Morgan fingerprint density at radius 1 is 1.07 bits per heavy atom. The lowest BCUT2D eigenvalue weighted by Crippen LogP contribution is -2.30. The van der Waals surface area contributed by atoms with E-state index in [2.05, 4.69) is 0 Å². The molecule has 0 saturated heterocycles. The molecule has 7 heteroatoms. The fourth-order valence-electron chi connectivity index (χ4n) is 2.87. The predicted octanol–water partition coefficient (Wildman–Crippen LogP) is 5.49. The Labute approximate surface area is 173 Å². The average molecular weight is 411 g/mol. The van der Waals surface area contributed by atoms with E-state index >= 15 is 0 Å². The second kappa shape index (κ2) is 9.21. The number of amides is 1. The molecule has 0 unspecified atom stereocenters. The number of benzene rings is 3. The number of nitro groups is 1. The van der Waals surface area contributed by atoms with Crippen molar-refractivity contribution in [3.8, 4) is 5.75 Å². The molecule has 0 spiro atoms. The van der Waals surface area contributed by atoms with Crippen molar-refractivity contribution in [3.05, 3.63) is 99.1 Å². The number of nitrogens with zero attached hydrogens (tertiary/aromatic N) is 2. The van der Waals surface area contributed by atoms with Gasteiger partial charge in [0.2, 0.25) is 0 Å². The number of nitro benzene ring substituents is 1. The molecule has 0 aliphatic rings. The Hall–Kier alpha value is -3.38. The zero-order valence-electron chi connectivity index (χ0n) is 15.7. The molecule has 0 fully saturated rings. The molecule has 3 rings (SSSR count). The van der Waals surface area contributed by atoms with Crippen molar-refractivity contribution < 1.29 is 14.5 Å². The molecule has 1 amide bonds. The first kappa shape index (κ1) is 20.4. The standard InChI is InChI=1S/C22H19ClN2O4/c1-2-29-19-11-8-17(9-12-19)24(15-16-6-4-3-5-7-16)22(26)20-14-18(25(27)28)10-13-21(20)23/h3-14H,2,15H2,1H3. The molecule has 3 aromatic carbocycles. The molecule has 0 aromatic heterocycles. The molecule has 29 heavy (non-hydrogen) atoms. The molecule has 6 nitrogen and oxygen atoms in total. The van der Waals surface area contributed by atoms with Crippen LogP contribution in [0.2, 0.25) is 5.02 Å². The summed E-state index contributed by atoms with van der Waals surface area (Å²) < 4.78 is 5.47. The van der Waals surface area contributed by atoms with Crippen molar-refractivity contribution in [2.45, 2.75) is 13.5 Å². The molecular weight excluding hydrogens is 392 g/mol. The molecule has 3 aromatic rings. The van der Waals surface area contributed by atoms with Crippen LogP contribution in [0.25, 0.3) is 0 Å². The number of hydrogen-bond acceptors (Lipinski definition) is 4. The Bertz CT molecular complexity index is 1010. The number of halogens is 1. The third-order valence-electron chi connectivity index (χ3n) is 4.28. The quantitative estimate of drug-likeness (QED) is 0.381. The third kappa shape index (κ3) is 4.92. The molecule has 0 aliphatic heterocycles. The number of anilines is 1. The van der Waals surface area contributed by atoms with E-state index in [0.717, 1.165) is 5.56 Å². The molecule has 0 aliphatic carbocycles. The minimum atomic E-state index is -0.550. The summed E-state index contributed by atoms with van der Waals surface area (Å²) in [6.45, 7) is 2.71. The summed E-state index contributed by atoms with van der Waals surface area (Å²) in [4.78, 5) is 25.5. The second-order valence-electron chi connectivity index (χ2n) is 6.23. The van der Waals surface area contributed by atoms with Gasteiger partial charge in [-0.15, -0.1) is 0 Å². The van der Waals surface area contributed by atoms with Crippen molar-refractivity contribution >= 4 is 28.9 Å². The number of ether oxygens (including phenoxy) is 1. The van der Waals surface area contributed by atoms with E-state index in [1.807, 2.05) is 37.3 Å². The zero-order chi connectivity index (χ0) is 20.8. The first-order valence-corrected chi connectivity index (χ1v) is 9.40. The molecular formula is C22H19ClN2O4. The Balaban J connectivity index is 2.01. The van der Waals surface area contributed by atoms with Crippen LogP contribution in [0.3, 0.4) is 0 Å². The van der Waals surface area contributed by atoms with Gasteiger partial charge in [-0.1, -0.05) is 41.9 Å². The van der Waals surface area contributed by atoms with Crippen LogP contribution in [0, 0.1) is 10.1 Å². The maximum absolute atomic E-state index is 13.3. The summed E-state index contributed by atoms with van der Waals surface area (Å²) in [5.41, 5.74) is 1.43. The average Bonchev–Trinajstić information content (AvgIpc) is 2.73. The van der Waals surface area contributed by atoms with Crippen LogP contribution in [0.4, 0.5) is 11.4 Å². The van der Waals surface area contributed by atoms with Gasteiger partial charge < -0.3 is 9.64 Å². The van der Waals surface area contributed by atoms with Gasteiger partial charge in [-0.05, 0) is 42.8 Å². The van der Waals surface area contributed by atoms with Gasteiger partial charge in [0.1, 0.15) is 5.75 Å². The lowest BCUT2D eigenvalue weighted by atomic mass is 10.1. The van der Waals surface area contributed by atoms with E-state index in [1.54, 1.807) is 24.3 Å². The number of carbonyl (C=O) groups excluding carboxylic acids is 1. The number of non-ortho nitro benzene ring substituents is 1. The predicted molar refractivity (Wildman–Crippen MR) is 113 cm³/mol. The summed E-state index contributed by atoms with van der Waals surface area (Å²) >= 11 is 6.21. The summed E-state index contributed by atoms with van der Waals surface area (Å²) in [6, 6.07) is 20.4. The first-order valence-electron chi connectivity index (χ1n) is 9.02. The highest BCUT2D eigenvalue weighted by Crippen LogP contribution is 2.28. The van der Waals surface area contributed by atoms with E-state index < -0.39 is 10.8 Å². The van der Waals surface area contributed by atoms with Gasteiger partial charge in [0.25, 0.3) is 11.6 Å². The van der Waals surface area contributed by atoms with Gasteiger partial charge in [-0.3, -0.25) is 14.9 Å². The van der Waals surface area contributed by atoms with E-state index in [1.165, 1.54) is 23.1 Å². The van der Waals surface area contributed by atoms with Crippen LogP contribution < -0.4 is 9.64 Å². The summed E-state index contributed by atoms with van der Waals surface area (Å²) in [7, 11) is 0. The van der Waals surface area contributed by atoms with Gasteiger partial charge in [0.15, 0.2) is 0 Å². The molecule has 0 bridgehead atoms. The van der Waals surface area contributed by atoms with Crippen molar-refractivity contribution in [2.75, 3.05) is 11.5 Å². The Morgan fingerprint density at radius 3 is 2.38 bits per heavy atom. The zero-order valence-corrected chi connectivity index (χ0v) is 16.5. The smallest absolute Gasteiger partial charge is 0.270 e. The third-order valence-corrected chi connectivity index (χ3v) is 4.61. The molecule has 0 N–H and O–H groups in total. The lowest BCUT2D eigenvalue weighted by Gasteiger charge is -2.24. The van der Waals surface area contributed by atoms with Gasteiger partial charge >= 0.3 is 0 Å². The largest absolute Gasteiger partial charge is 0.494 e. The topological polar surface area (TPSA) is 72.7 Å². The van der Waals surface area contributed by atoms with E-state index in [-0.39, 0.29) is 22.8 Å². The molecule has 0 radical (unpaired) electrons. The van der Waals surface area contributed by atoms with Crippen LogP contribution in [0.1, 0.15) is 22.8 Å². The molecule has 148 valence electrons. The fraction of sp³-hybridized carbons (Fsp3) is 0.136. The molecule has 0 saturated carbocycles. The van der Waals surface area contributed by atoms with Crippen LogP contribution in [0.5, 0.6) is 5.75 Å². The highest BCUT2D eigenvalue weighted by atomic mass is 35.5. The monoisotopic (exact) mass is 410 g/mol. The molecule has 0 atom stereocenters. The summed E-state index contributed by atoms with van der Waals surface area (Å²) in [5, 5.41) is 11.3. The number of carbonyl (C=O) groups is 1. The number of rotatable bonds is 7. The minimum absolute atomic E-state index is 0.0747. The SMILES string of the molecule is CCOc1ccc(N(Cc2ccccc2)C(=O)c2cc([N+](=O)[O-])ccc2Cl)cc1. The summed E-state index contributed by atoms with van der Waals surface area (Å²) in [6.07, 6.45) is 0. The fourth-order valence-corrected chi connectivity index (χ4v) is 3.07. The van der Waals surface area contributed by atoms with E-state index in [9.17, 15) is 14.9 Å². The van der Waals surface area contributed by atoms with Crippen LogP contribution in [-0.2, 0) is 6.54 Å². The van der Waals surface area contributed by atoms with Crippen molar-refractivity contribution in [3.63, 3.8) is 0 Å². The first-order chi connectivity index (χ1) is 14.0. The Morgan fingerprint density at radius 2 is 1.76 bits per heavy atom. The second-order valence-corrected chi connectivity index (χ2v) is 6.63. The van der Waals surface area contributed by atoms with Gasteiger partial charge in [-0.25, -0.2) is 0 Å². The Kier molecular flexibility index (Phi) is 6.46. The summed E-state index contributed by atoms with van der Waals surface area (Å²) in [5.74, 6) is 0.267. The van der Waals surface area contributed by atoms with Crippen LogP contribution in [-0.4, -0.2) is 17.4 Å². The highest BCUT2D eigenvalue weighted by Gasteiger charge is 2.23. The minimum Gasteiger partial charge on any atom is -0.494 e. The maximum atomic E-state index is 13.3. The normalized spacial score (nSPS) is 10.4. The van der Waals surface area contributed by atoms with Crippen LogP contribution in [0.15, 0.2) is 72.8 Å². The van der Waals surface area contributed by atoms with Gasteiger partial charge in [-0.2, -0.15) is 0 Å². The maximum Gasteiger partial charge on any atom is 0.270 e. The van der Waals surface area contributed by atoms with Gasteiger partial charge in [0, 0.05) is 17.8 Å². The molecule has 0 heterocycles. The van der Waals surface area contributed by atoms with E-state index in [4.69, 9.17) is 16.3 Å². The number of hydrogen-bond donors (Lipinski definition) is 0.